The number of amides is 2. The van der Waals surface area contributed by atoms with Gasteiger partial charge in [0.2, 0.25) is 0 Å². The first-order valence-corrected chi connectivity index (χ1v) is 5.50. The van der Waals surface area contributed by atoms with Gasteiger partial charge < -0.3 is 10.4 Å². The van der Waals surface area contributed by atoms with E-state index in [0.29, 0.717) is 17.3 Å². The number of carbonyl (C=O) groups excluding carboxylic acids is 1. The fraction of sp³-hybridized carbons (Fsp3) is 0.273. The van der Waals surface area contributed by atoms with Crippen molar-refractivity contribution >= 4 is 29.3 Å². The lowest BCUT2D eigenvalue weighted by Crippen LogP contribution is -2.35. The van der Waals surface area contributed by atoms with Gasteiger partial charge in [0, 0.05) is 17.3 Å². The minimum atomic E-state index is -0.925. The summed E-state index contributed by atoms with van der Waals surface area (Å²) < 4.78 is 0. The van der Waals surface area contributed by atoms with Gasteiger partial charge in [-0.2, -0.15) is 0 Å². The Morgan fingerprint density at radius 1 is 1.47 bits per heavy atom. The fourth-order valence-corrected chi connectivity index (χ4v) is 1.97. The predicted octanol–water partition coefficient (Wildman–Crippen LogP) is 1.71. The molecule has 0 aromatic heterocycles. The molecule has 6 heteroatoms. The molecule has 90 valence electrons. The first kappa shape index (κ1) is 11.7. The van der Waals surface area contributed by atoms with Crippen molar-refractivity contribution in [2.75, 3.05) is 11.4 Å². The van der Waals surface area contributed by atoms with Crippen LogP contribution in [0.4, 0.5) is 10.5 Å². The van der Waals surface area contributed by atoms with E-state index in [9.17, 15) is 9.59 Å². The molecule has 2 rings (SSSR count). The van der Waals surface area contributed by atoms with Gasteiger partial charge in [0.05, 0.1) is 12.5 Å². The third-order valence-corrected chi connectivity index (χ3v) is 2.84. The summed E-state index contributed by atoms with van der Waals surface area (Å²) in [6.45, 7) is 0.341. The van der Waals surface area contributed by atoms with E-state index < -0.39 is 5.97 Å². The Morgan fingerprint density at radius 3 is 2.71 bits per heavy atom. The number of aliphatic carboxylic acids is 1. The smallest absolute Gasteiger partial charge is 0.322 e. The third-order valence-electron chi connectivity index (χ3n) is 2.59. The molecular weight excluding hydrogens is 244 g/mol. The Labute approximate surface area is 103 Å². The van der Waals surface area contributed by atoms with Gasteiger partial charge in [-0.3, -0.25) is 9.69 Å². The quantitative estimate of drug-likeness (QED) is 0.863. The fourth-order valence-electron chi connectivity index (χ4n) is 1.84. The van der Waals surface area contributed by atoms with Crippen LogP contribution in [0.1, 0.15) is 6.42 Å². The van der Waals surface area contributed by atoms with E-state index in [4.69, 9.17) is 16.7 Å². The average molecular weight is 255 g/mol. The maximum absolute atomic E-state index is 11.6. The molecule has 2 N–H and O–H groups in total. The van der Waals surface area contributed by atoms with Crippen LogP contribution in [0.25, 0.3) is 0 Å². The van der Waals surface area contributed by atoms with Gasteiger partial charge in [-0.05, 0) is 24.3 Å². The number of hydrogen-bond acceptors (Lipinski definition) is 2. The maximum Gasteiger partial charge on any atom is 0.322 e. The van der Waals surface area contributed by atoms with Crippen molar-refractivity contribution in [3.63, 3.8) is 0 Å². The topological polar surface area (TPSA) is 69.6 Å². The minimum Gasteiger partial charge on any atom is -0.481 e. The molecular formula is C11H11ClN2O3. The molecule has 5 nitrogen and oxygen atoms in total. The molecule has 1 saturated heterocycles. The van der Waals surface area contributed by atoms with Crippen LogP contribution in [-0.2, 0) is 4.79 Å². The molecule has 17 heavy (non-hydrogen) atoms. The first-order chi connectivity index (χ1) is 8.08. The Bertz CT molecular complexity index is 447. The highest BCUT2D eigenvalue weighted by Gasteiger charge is 2.33. The van der Waals surface area contributed by atoms with Crippen molar-refractivity contribution in [2.24, 2.45) is 0 Å². The van der Waals surface area contributed by atoms with Gasteiger partial charge in [0.25, 0.3) is 0 Å². The summed E-state index contributed by atoms with van der Waals surface area (Å²) in [6.07, 6.45) is -0.0820. The molecule has 1 aromatic carbocycles. The number of hydrogen-bond donors (Lipinski definition) is 2. The van der Waals surface area contributed by atoms with Crippen LogP contribution < -0.4 is 10.2 Å². The molecule has 1 aromatic rings. The van der Waals surface area contributed by atoms with Crippen molar-refractivity contribution in [3.8, 4) is 0 Å². The number of carboxylic acids is 1. The molecule has 0 saturated carbocycles. The molecule has 0 spiro atoms. The predicted molar refractivity (Wildman–Crippen MR) is 63.4 cm³/mol. The van der Waals surface area contributed by atoms with Crippen molar-refractivity contribution in [1.29, 1.82) is 0 Å². The van der Waals surface area contributed by atoms with E-state index in [2.05, 4.69) is 5.32 Å². The number of urea groups is 1. The minimum absolute atomic E-state index is 0.0820. The second kappa shape index (κ2) is 4.63. The molecule has 1 atom stereocenters. The van der Waals surface area contributed by atoms with Crippen molar-refractivity contribution in [3.05, 3.63) is 29.3 Å². The summed E-state index contributed by atoms with van der Waals surface area (Å²) in [4.78, 5) is 23.8. The summed E-state index contributed by atoms with van der Waals surface area (Å²) in [7, 11) is 0. The van der Waals surface area contributed by atoms with Crippen LogP contribution in [-0.4, -0.2) is 29.7 Å². The van der Waals surface area contributed by atoms with Crippen LogP contribution in [0.2, 0.25) is 5.02 Å². The number of anilines is 1. The number of halogens is 1. The van der Waals surface area contributed by atoms with E-state index in [-0.39, 0.29) is 18.5 Å². The van der Waals surface area contributed by atoms with Crippen molar-refractivity contribution < 1.29 is 14.7 Å². The normalized spacial score (nSPS) is 19.2. The lowest BCUT2D eigenvalue weighted by molar-refractivity contribution is -0.137. The number of carbonyl (C=O) groups is 2. The highest BCUT2D eigenvalue weighted by Crippen LogP contribution is 2.23. The molecule has 1 aliphatic rings. The largest absolute Gasteiger partial charge is 0.481 e. The summed E-state index contributed by atoms with van der Waals surface area (Å²) >= 11 is 5.76. The van der Waals surface area contributed by atoms with Crippen LogP contribution in [0.15, 0.2) is 24.3 Å². The summed E-state index contributed by atoms with van der Waals surface area (Å²) in [5, 5.41) is 12.0. The Hall–Kier alpha value is -1.75. The molecule has 0 radical (unpaired) electrons. The number of carboxylic acid groups (broad SMARTS) is 1. The summed E-state index contributed by atoms with van der Waals surface area (Å²) in [5.41, 5.74) is 0.649. The van der Waals surface area contributed by atoms with Crippen LogP contribution in [0, 0.1) is 0 Å². The molecule has 1 unspecified atom stereocenters. The molecule has 2 amide bonds. The van der Waals surface area contributed by atoms with Crippen LogP contribution in [0.3, 0.4) is 0 Å². The highest BCUT2D eigenvalue weighted by molar-refractivity contribution is 6.30. The molecule has 1 fully saturated rings. The lowest BCUT2D eigenvalue weighted by atomic mass is 10.2. The SMILES string of the molecule is O=C(O)CC1CNC(=O)N1c1ccc(Cl)cc1. The van der Waals surface area contributed by atoms with Crippen molar-refractivity contribution in [2.45, 2.75) is 12.5 Å². The van der Waals surface area contributed by atoms with Gasteiger partial charge >= 0.3 is 12.0 Å². The van der Waals surface area contributed by atoms with E-state index in [1.165, 1.54) is 4.90 Å². The molecule has 1 heterocycles. The van der Waals surface area contributed by atoms with Gasteiger partial charge in [-0.1, -0.05) is 11.6 Å². The second-order valence-electron chi connectivity index (χ2n) is 3.78. The standard InChI is InChI=1S/C11H11ClN2O3/c12-7-1-3-8(4-2-7)14-9(5-10(15)16)6-13-11(14)17/h1-4,9H,5-6H2,(H,13,17)(H,15,16). The van der Waals surface area contributed by atoms with Gasteiger partial charge in [0.1, 0.15) is 0 Å². The monoisotopic (exact) mass is 254 g/mol. The number of nitrogens with one attached hydrogen (secondary N) is 1. The van der Waals surface area contributed by atoms with E-state index in [0.717, 1.165) is 0 Å². The Kier molecular flexibility index (Phi) is 3.19. The number of benzene rings is 1. The lowest BCUT2D eigenvalue weighted by Gasteiger charge is -2.21. The summed E-state index contributed by atoms with van der Waals surface area (Å²) in [5.74, 6) is -0.925. The van der Waals surface area contributed by atoms with Gasteiger partial charge in [-0.15, -0.1) is 0 Å². The highest BCUT2D eigenvalue weighted by atomic mass is 35.5. The van der Waals surface area contributed by atoms with Crippen molar-refractivity contribution in [1.82, 2.24) is 5.32 Å². The number of nitrogens with zero attached hydrogens (tertiary/aromatic N) is 1. The number of rotatable bonds is 3. The zero-order valence-corrected chi connectivity index (χ0v) is 9.65. The van der Waals surface area contributed by atoms with Crippen LogP contribution in [0.5, 0.6) is 0 Å². The Morgan fingerprint density at radius 2 is 2.12 bits per heavy atom. The van der Waals surface area contributed by atoms with E-state index in [1.54, 1.807) is 24.3 Å². The Balaban J connectivity index is 2.24. The van der Waals surface area contributed by atoms with Gasteiger partial charge in [-0.25, -0.2) is 4.79 Å². The van der Waals surface area contributed by atoms with E-state index >= 15 is 0 Å². The second-order valence-corrected chi connectivity index (χ2v) is 4.22. The maximum atomic E-state index is 11.6. The molecule has 0 bridgehead atoms. The zero-order chi connectivity index (χ0) is 12.4. The molecule has 0 aliphatic carbocycles. The van der Waals surface area contributed by atoms with Gasteiger partial charge in [0.15, 0.2) is 0 Å². The summed E-state index contributed by atoms with van der Waals surface area (Å²) in [6, 6.07) is 6.09. The molecule has 1 aliphatic heterocycles. The zero-order valence-electron chi connectivity index (χ0n) is 8.89. The van der Waals surface area contributed by atoms with Crippen LogP contribution >= 0.6 is 11.6 Å². The average Bonchev–Trinajstić information content (AvgIpc) is 2.61. The first-order valence-electron chi connectivity index (χ1n) is 5.12. The van der Waals surface area contributed by atoms with E-state index in [1.807, 2.05) is 0 Å². The third kappa shape index (κ3) is 2.50.